The summed E-state index contributed by atoms with van der Waals surface area (Å²) in [7, 11) is 10.2. The molecule has 2 aliphatic heterocycles. The van der Waals surface area contributed by atoms with E-state index >= 15 is 0 Å². The zero-order valence-electron chi connectivity index (χ0n) is 25.5. The van der Waals surface area contributed by atoms with E-state index in [-0.39, 0.29) is 12.1 Å². The van der Waals surface area contributed by atoms with E-state index in [1.807, 2.05) is 59.5 Å². The summed E-state index contributed by atoms with van der Waals surface area (Å²) in [5, 5.41) is 3.12. The Morgan fingerprint density at radius 2 is 1.57 bits per heavy atom. The fourth-order valence-corrected chi connectivity index (χ4v) is 6.23. The Bertz CT molecular complexity index is 1380. The van der Waals surface area contributed by atoms with Crippen molar-refractivity contribution in [3.63, 3.8) is 0 Å². The molecule has 2 saturated heterocycles. The van der Waals surface area contributed by atoms with Crippen molar-refractivity contribution in [2.75, 3.05) is 66.8 Å². The molecular formula is C35H43N5O2. The SMILES string of the molecule is COc1ccc(NC(=O)N2CCC(N(C)C)CN3[C@H](CN(C)C)[C@H](c4ccc(C#Cc5ccccc5)cc4)[C@@H]3C2)cc1. The number of rotatable bonds is 6. The Morgan fingerprint density at radius 1 is 0.905 bits per heavy atom. The molecule has 7 heteroatoms. The van der Waals surface area contributed by atoms with Crippen molar-refractivity contribution in [2.24, 2.45) is 0 Å². The lowest BCUT2D eigenvalue weighted by Gasteiger charge is -2.59. The molecule has 2 heterocycles. The summed E-state index contributed by atoms with van der Waals surface area (Å²) in [4.78, 5) is 22.8. The first-order chi connectivity index (χ1) is 20.3. The number of methoxy groups -OCH3 is 1. The lowest BCUT2D eigenvalue weighted by atomic mass is 9.73. The maximum atomic E-state index is 13.6. The third-order valence-electron chi connectivity index (χ3n) is 8.57. The molecular weight excluding hydrogens is 522 g/mol. The first-order valence-corrected chi connectivity index (χ1v) is 14.8. The van der Waals surface area contributed by atoms with Crippen LogP contribution in [0.1, 0.15) is 29.0 Å². The first kappa shape index (κ1) is 29.7. The average Bonchev–Trinajstić information content (AvgIpc) is 2.98. The lowest BCUT2D eigenvalue weighted by molar-refractivity contribution is -0.0603. The number of nitrogens with one attached hydrogen (secondary N) is 1. The molecule has 0 bridgehead atoms. The number of hydrogen-bond acceptors (Lipinski definition) is 5. The van der Waals surface area contributed by atoms with Gasteiger partial charge in [0.2, 0.25) is 0 Å². The fourth-order valence-electron chi connectivity index (χ4n) is 6.23. The molecule has 1 N–H and O–H groups in total. The number of nitrogens with zero attached hydrogens (tertiary/aromatic N) is 4. The number of likely N-dealkylation sites (N-methyl/N-ethyl adjacent to an activating group) is 2. The molecule has 2 fully saturated rings. The first-order valence-electron chi connectivity index (χ1n) is 14.8. The molecule has 0 aliphatic carbocycles. The van der Waals surface area contributed by atoms with Crippen molar-refractivity contribution in [3.8, 4) is 17.6 Å². The van der Waals surface area contributed by atoms with E-state index in [4.69, 9.17) is 4.74 Å². The highest BCUT2D eigenvalue weighted by Crippen LogP contribution is 2.42. The van der Waals surface area contributed by atoms with Gasteiger partial charge < -0.3 is 24.8 Å². The van der Waals surface area contributed by atoms with Crippen LogP contribution < -0.4 is 10.1 Å². The van der Waals surface area contributed by atoms with Crippen molar-refractivity contribution in [1.82, 2.24) is 19.6 Å². The zero-order chi connectivity index (χ0) is 29.6. The normalized spacial score (nSPS) is 22.3. The minimum atomic E-state index is -0.0548. The predicted octanol–water partition coefficient (Wildman–Crippen LogP) is 4.66. The third-order valence-corrected chi connectivity index (χ3v) is 8.57. The number of benzene rings is 3. The quantitative estimate of drug-likeness (QED) is 0.441. The van der Waals surface area contributed by atoms with Gasteiger partial charge in [-0.15, -0.1) is 0 Å². The monoisotopic (exact) mass is 565 g/mol. The Labute approximate surface area is 251 Å². The van der Waals surface area contributed by atoms with Gasteiger partial charge in [-0.05, 0) is 88.7 Å². The number of amides is 2. The lowest BCUT2D eigenvalue weighted by Crippen LogP contribution is -2.71. The van der Waals surface area contributed by atoms with Crippen molar-refractivity contribution in [3.05, 3.63) is 95.6 Å². The van der Waals surface area contributed by atoms with E-state index in [1.165, 1.54) is 5.56 Å². The Kier molecular flexibility index (Phi) is 9.48. The maximum Gasteiger partial charge on any atom is 0.321 e. The molecule has 0 aromatic heterocycles. The van der Waals surface area contributed by atoms with Crippen molar-refractivity contribution in [1.29, 1.82) is 0 Å². The van der Waals surface area contributed by atoms with Crippen LogP contribution in [0.25, 0.3) is 0 Å². The van der Waals surface area contributed by atoms with E-state index in [1.54, 1.807) is 7.11 Å². The van der Waals surface area contributed by atoms with E-state index in [9.17, 15) is 4.79 Å². The van der Waals surface area contributed by atoms with Gasteiger partial charge in [0.15, 0.2) is 0 Å². The van der Waals surface area contributed by atoms with E-state index in [0.29, 0.717) is 31.1 Å². The molecule has 3 aromatic rings. The number of anilines is 1. The summed E-state index contributed by atoms with van der Waals surface area (Å²) in [6.07, 6.45) is 0.931. The third kappa shape index (κ3) is 6.96. The van der Waals surface area contributed by atoms with Crippen molar-refractivity contribution < 1.29 is 9.53 Å². The van der Waals surface area contributed by atoms with Crippen LogP contribution in [0.4, 0.5) is 10.5 Å². The smallest absolute Gasteiger partial charge is 0.321 e. The van der Waals surface area contributed by atoms with Gasteiger partial charge in [0.25, 0.3) is 0 Å². The highest BCUT2D eigenvalue weighted by molar-refractivity contribution is 5.89. The van der Waals surface area contributed by atoms with Gasteiger partial charge in [0.1, 0.15) is 5.75 Å². The van der Waals surface area contributed by atoms with Crippen LogP contribution in [0, 0.1) is 11.8 Å². The highest BCUT2D eigenvalue weighted by atomic mass is 16.5. The van der Waals surface area contributed by atoms with Crippen LogP contribution in [0.5, 0.6) is 5.75 Å². The molecule has 5 rings (SSSR count). The highest BCUT2D eigenvalue weighted by Gasteiger charge is 2.51. The number of carbonyl (C=O) groups excluding carboxylic acids is 1. The number of carbonyl (C=O) groups is 1. The molecule has 2 amide bonds. The molecule has 0 radical (unpaired) electrons. The minimum Gasteiger partial charge on any atom is -0.497 e. The number of fused-ring (bicyclic) bond motifs is 1. The average molecular weight is 566 g/mol. The minimum absolute atomic E-state index is 0.0548. The van der Waals surface area contributed by atoms with E-state index in [0.717, 1.165) is 42.1 Å². The van der Waals surface area contributed by atoms with Crippen LogP contribution in [0.3, 0.4) is 0 Å². The molecule has 7 nitrogen and oxygen atoms in total. The second kappa shape index (κ2) is 13.4. The van der Waals surface area contributed by atoms with Crippen LogP contribution >= 0.6 is 0 Å². The van der Waals surface area contributed by atoms with Gasteiger partial charge in [-0.2, -0.15) is 0 Å². The Balaban J connectivity index is 1.39. The molecule has 0 spiro atoms. The summed E-state index contributed by atoms with van der Waals surface area (Å²) in [6.45, 7) is 3.37. The van der Waals surface area contributed by atoms with Gasteiger partial charge in [-0.25, -0.2) is 4.79 Å². The maximum absolute atomic E-state index is 13.6. The van der Waals surface area contributed by atoms with Crippen molar-refractivity contribution in [2.45, 2.75) is 30.5 Å². The van der Waals surface area contributed by atoms with E-state index in [2.05, 4.69) is 84.3 Å². The van der Waals surface area contributed by atoms with Gasteiger partial charge in [0.05, 0.1) is 7.11 Å². The largest absolute Gasteiger partial charge is 0.497 e. The molecule has 42 heavy (non-hydrogen) atoms. The van der Waals surface area contributed by atoms with Crippen LogP contribution in [-0.4, -0.2) is 105 Å². The summed E-state index contributed by atoms with van der Waals surface area (Å²) >= 11 is 0. The van der Waals surface area contributed by atoms with Gasteiger partial charge in [0, 0.05) is 67.0 Å². The van der Waals surface area contributed by atoms with Crippen LogP contribution in [-0.2, 0) is 0 Å². The van der Waals surface area contributed by atoms with Gasteiger partial charge in [-0.3, -0.25) is 4.90 Å². The summed E-state index contributed by atoms with van der Waals surface area (Å²) in [5.74, 6) is 7.66. The Hall–Kier alpha value is -3.83. The van der Waals surface area contributed by atoms with E-state index < -0.39 is 0 Å². The zero-order valence-corrected chi connectivity index (χ0v) is 25.5. The van der Waals surface area contributed by atoms with Crippen LogP contribution in [0.15, 0.2) is 78.9 Å². The molecule has 1 unspecified atom stereocenters. The number of ether oxygens (including phenoxy) is 1. The standard InChI is InChI=1S/C35H43N5O2/c1-37(2)24-32-34(28-15-13-27(14-16-28)12-11-26-9-7-6-8-10-26)33-25-39(22-21-30(38(3)4)23-40(32)33)35(41)36-29-17-19-31(42-5)20-18-29/h6-10,13-20,30,32-34H,21-25H2,1-5H3,(H,36,41)/t30?,32-,33+,34+/m1/s1. The Morgan fingerprint density at radius 3 is 2.19 bits per heavy atom. The summed E-state index contributed by atoms with van der Waals surface area (Å²) in [5.41, 5.74) is 4.10. The van der Waals surface area contributed by atoms with Gasteiger partial charge in [-0.1, -0.05) is 42.2 Å². The fraction of sp³-hybridized carbons (Fsp3) is 0.400. The second-order valence-electron chi connectivity index (χ2n) is 11.9. The van der Waals surface area contributed by atoms with Crippen molar-refractivity contribution >= 4 is 11.7 Å². The molecule has 220 valence electrons. The molecule has 3 aromatic carbocycles. The molecule has 4 atom stereocenters. The second-order valence-corrected chi connectivity index (χ2v) is 11.9. The number of urea groups is 1. The van der Waals surface area contributed by atoms with Gasteiger partial charge >= 0.3 is 6.03 Å². The summed E-state index contributed by atoms with van der Waals surface area (Å²) < 4.78 is 5.28. The number of hydrogen-bond donors (Lipinski definition) is 1. The predicted molar refractivity (Wildman–Crippen MR) is 170 cm³/mol. The molecule has 2 aliphatic rings. The topological polar surface area (TPSA) is 51.3 Å². The molecule has 0 saturated carbocycles. The summed E-state index contributed by atoms with van der Waals surface area (Å²) in [6, 6.07) is 27.3. The van der Waals surface area contributed by atoms with Crippen LogP contribution in [0.2, 0.25) is 0 Å².